The highest BCUT2D eigenvalue weighted by molar-refractivity contribution is 7.89. The van der Waals surface area contributed by atoms with Gasteiger partial charge in [-0.3, -0.25) is 9.59 Å². The average Bonchev–Trinajstić information content (AvgIpc) is 3.00. The number of hydrogen-bond donors (Lipinski definition) is 0. The van der Waals surface area contributed by atoms with Crippen LogP contribution in [0.15, 0.2) is 23.1 Å². The van der Waals surface area contributed by atoms with E-state index in [1.807, 2.05) is 0 Å². The summed E-state index contributed by atoms with van der Waals surface area (Å²) in [6.45, 7) is 1.48. The summed E-state index contributed by atoms with van der Waals surface area (Å²) < 4.78 is 44.1. The Hall–Kier alpha value is -2.13. The zero-order chi connectivity index (χ0) is 21.1. The Labute approximate surface area is 176 Å². The first kappa shape index (κ1) is 21.1. The zero-order valence-corrected chi connectivity index (χ0v) is 17.7. The zero-order valence-electron chi connectivity index (χ0n) is 16.9. The lowest BCUT2D eigenvalue weighted by Gasteiger charge is -2.31. The number of carbonyl (C=O) groups is 2. The fourth-order valence-corrected chi connectivity index (χ4v) is 5.58. The molecule has 1 atom stereocenters. The molecular formula is C21H27NO7S. The first-order valence-corrected chi connectivity index (χ1v) is 12.0. The predicted molar refractivity (Wildman–Crippen MR) is 107 cm³/mol. The maximum atomic E-state index is 13.1. The van der Waals surface area contributed by atoms with E-state index >= 15 is 0 Å². The lowest BCUT2D eigenvalue weighted by atomic mass is 9.95. The van der Waals surface area contributed by atoms with Crippen molar-refractivity contribution in [3.63, 3.8) is 0 Å². The topological polar surface area (TPSA) is 99.2 Å². The molecule has 1 aliphatic carbocycles. The molecule has 0 spiro atoms. The normalized spacial score (nSPS) is 23.6. The van der Waals surface area contributed by atoms with E-state index in [-0.39, 0.29) is 35.7 Å². The van der Waals surface area contributed by atoms with Gasteiger partial charge in [-0.05, 0) is 44.2 Å². The highest BCUT2D eigenvalue weighted by atomic mass is 32.2. The molecule has 2 fully saturated rings. The fraction of sp³-hybridized carbons (Fsp3) is 0.619. The number of ether oxygens (including phenoxy) is 3. The van der Waals surface area contributed by atoms with Crippen molar-refractivity contribution in [1.82, 2.24) is 4.31 Å². The van der Waals surface area contributed by atoms with E-state index in [9.17, 15) is 18.0 Å². The molecule has 1 aromatic rings. The lowest BCUT2D eigenvalue weighted by molar-refractivity contribution is -0.161. The summed E-state index contributed by atoms with van der Waals surface area (Å²) in [7, 11) is -3.70. The van der Waals surface area contributed by atoms with Gasteiger partial charge < -0.3 is 14.2 Å². The molecule has 9 heteroatoms. The summed E-state index contributed by atoms with van der Waals surface area (Å²) in [5, 5.41) is 0. The Morgan fingerprint density at radius 3 is 2.47 bits per heavy atom. The second-order valence-corrected chi connectivity index (χ2v) is 9.91. The number of nitrogens with zero attached hydrogens (tertiary/aromatic N) is 1. The summed E-state index contributed by atoms with van der Waals surface area (Å²) >= 11 is 0. The van der Waals surface area contributed by atoms with E-state index in [1.165, 1.54) is 16.4 Å². The molecule has 8 nitrogen and oxygen atoms in total. The van der Waals surface area contributed by atoms with Crippen molar-refractivity contribution >= 4 is 21.8 Å². The van der Waals surface area contributed by atoms with Crippen LogP contribution in [0.1, 0.15) is 44.9 Å². The molecule has 2 aliphatic heterocycles. The quantitative estimate of drug-likeness (QED) is 0.667. The summed E-state index contributed by atoms with van der Waals surface area (Å²) in [5.74, 6) is 0.205. The summed E-state index contributed by atoms with van der Waals surface area (Å²) in [4.78, 5) is 24.5. The van der Waals surface area contributed by atoms with Crippen molar-refractivity contribution in [2.24, 2.45) is 5.92 Å². The molecule has 30 heavy (non-hydrogen) atoms. The van der Waals surface area contributed by atoms with E-state index in [0.29, 0.717) is 50.4 Å². The number of hydrogen-bond acceptors (Lipinski definition) is 7. The second-order valence-electron chi connectivity index (χ2n) is 7.98. The number of esters is 1. The number of piperidine rings is 1. The molecule has 0 bridgehead atoms. The monoisotopic (exact) mass is 437 g/mol. The minimum atomic E-state index is -3.70. The van der Waals surface area contributed by atoms with E-state index < -0.39 is 16.1 Å². The number of rotatable bonds is 4. The van der Waals surface area contributed by atoms with Gasteiger partial charge in [0.25, 0.3) is 0 Å². The van der Waals surface area contributed by atoms with Crippen molar-refractivity contribution < 1.29 is 32.2 Å². The van der Waals surface area contributed by atoms with Crippen LogP contribution in [0, 0.1) is 5.92 Å². The molecule has 1 saturated heterocycles. The van der Waals surface area contributed by atoms with Crippen molar-refractivity contribution in [3.8, 4) is 11.5 Å². The van der Waals surface area contributed by atoms with Crippen molar-refractivity contribution in [2.75, 3.05) is 26.3 Å². The van der Waals surface area contributed by atoms with Gasteiger partial charge in [-0.15, -0.1) is 0 Å². The van der Waals surface area contributed by atoms with Crippen molar-refractivity contribution in [3.05, 3.63) is 18.2 Å². The van der Waals surface area contributed by atoms with Crippen LogP contribution in [0.2, 0.25) is 0 Å². The van der Waals surface area contributed by atoms with Gasteiger partial charge in [0.2, 0.25) is 10.0 Å². The number of fused-ring (bicyclic) bond motifs is 1. The maximum absolute atomic E-state index is 13.1. The van der Waals surface area contributed by atoms with E-state index in [4.69, 9.17) is 14.2 Å². The van der Waals surface area contributed by atoms with Gasteiger partial charge in [0.1, 0.15) is 0 Å². The van der Waals surface area contributed by atoms with Gasteiger partial charge in [-0.1, -0.05) is 0 Å². The first-order chi connectivity index (χ1) is 14.4. The average molecular weight is 438 g/mol. The van der Waals surface area contributed by atoms with Gasteiger partial charge in [0.15, 0.2) is 23.4 Å². The molecule has 164 valence electrons. The third kappa shape index (κ3) is 4.46. The third-order valence-corrected chi connectivity index (χ3v) is 7.80. The first-order valence-electron chi connectivity index (χ1n) is 10.6. The van der Waals surface area contributed by atoms with Crippen LogP contribution in [-0.4, -0.2) is 56.9 Å². The Kier molecular flexibility index (Phi) is 6.29. The predicted octanol–water partition coefficient (Wildman–Crippen LogP) is 2.30. The molecule has 1 unspecified atom stereocenters. The number of sulfonamides is 1. The molecule has 1 aromatic carbocycles. The molecule has 0 N–H and O–H groups in total. The molecule has 0 aromatic heterocycles. The molecule has 3 aliphatic rings. The summed E-state index contributed by atoms with van der Waals surface area (Å²) in [5.41, 5.74) is 0. The highest BCUT2D eigenvalue weighted by Crippen LogP contribution is 2.34. The largest absolute Gasteiger partial charge is 0.490 e. The number of carbonyl (C=O) groups excluding carboxylic acids is 2. The second kappa shape index (κ2) is 8.93. The van der Waals surface area contributed by atoms with Crippen LogP contribution in [0.3, 0.4) is 0 Å². The van der Waals surface area contributed by atoms with Gasteiger partial charge in [0, 0.05) is 32.0 Å². The smallest absolute Gasteiger partial charge is 0.309 e. The SMILES string of the molecule is O=C(OC1CCCCC1=O)C1CCN(S(=O)(=O)c2ccc3c(c2)OCCCO3)CC1. The number of Topliss-reactive ketones (excluding diaryl/α,β-unsaturated/α-hetero) is 1. The molecule has 1 saturated carbocycles. The number of benzene rings is 1. The van der Waals surface area contributed by atoms with Crippen LogP contribution < -0.4 is 9.47 Å². The third-order valence-electron chi connectivity index (χ3n) is 5.90. The summed E-state index contributed by atoms with van der Waals surface area (Å²) in [6.07, 6.45) is 3.65. The molecule has 4 rings (SSSR count). The number of ketones is 1. The summed E-state index contributed by atoms with van der Waals surface area (Å²) in [6, 6.07) is 4.65. The maximum Gasteiger partial charge on any atom is 0.309 e. The van der Waals surface area contributed by atoms with Gasteiger partial charge >= 0.3 is 5.97 Å². The van der Waals surface area contributed by atoms with Crippen LogP contribution >= 0.6 is 0 Å². The van der Waals surface area contributed by atoms with Gasteiger partial charge in [0.05, 0.1) is 24.0 Å². The van der Waals surface area contributed by atoms with E-state index in [1.54, 1.807) is 6.07 Å². The Bertz CT molecular complexity index is 906. The molecule has 2 heterocycles. The lowest BCUT2D eigenvalue weighted by Crippen LogP contribution is -2.41. The Morgan fingerprint density at radius 1 is 1.00 bits per heavy atom. The van der Waals surface area contributed by atoms with Gasteiger partial charge in [-0.2, -0.15) is 4.31 Å². The minimum Gasteiger partial charge on any atom is -0.490 e. The highest BCUT2D eigenvalue weighted by Gasteiger charge is 2.35. The van der Waals surface area contributed by atoms with E-state index in [0.717, 1.165) is 19.3 Å². The van der Waals surface area contributed by atoms with Crippen LogP contribution in [-0.2, 0) is 24.3 Å². The van der Waals surface area contributed by atoms with Gasteiger partial charge in [-0.25, -0.2) is 8.42 Å². The molecule has 0 radical (unpaired) electrons. The Balaban J connectivity index is 1.38. The van der Waals surface area contributed by atoms with Crippen LogP contribution in [0.4, 0.5) is 0 Å². The molecule has 0 amide bonds. The van der Waals surface area contributed by atoms with Crippen molar-refractivity contribution in [2.45, 2.75) is 55.9 Å². The minimum absolute atomic E-state index is 0.0102. The molecular weight excluding hydrogens is 410 g/mol. The van der Waals surface area contributed by atoms with Crippen molar-refractivity contribution in [1.29, 1.82) is 0 Å². The standard InChI is InChI=1S/C21H27NO7S/c23-17-4-1-2-5-18(17)29-21(24)15-8-10-22(11-9-15)30(25,26)16-6-7-19-20(14-16)28-13-3-12-27-19/h6-7,14-15,18H,1-5,8-13H2. The van der Waals surface area contributed by atoms with Crippen LogP contribution in [0.25, 0.3) is 0 Å². The van der Waals surface area contributed by atoms with E-state index in [2.05, 4.69) is 0 Å². The van der Waals surface area contributed by atoms with Crippen LogP contribution in [0.5, 0.6) is 11.5 Å². The fourth-order valence-electron chi connectivity index (χ4n) is 4.10. The Morgan fingerprint density at radius 2 is 1.73 bits per heavy atom.